The van der Waals surface area contributed by atoms with Crippen LogP contribution in [0.2, 0.25) is 5.02 Å². The molecule has 1 heterocycles. The van der Waals surface area contributed by atoms with Crippen molar-refractivity contribution >= 4 is 11.6 Å². The quantitative estimate of drug-likeness (QED) is 0.819. The Bertz CT molecular complexity index is 457. The number of rotatable bonds is 3. The van der Waals surface area contributed by atoms with E-state index in [-0.39, 0.29) is 0 Å². The van der Waals surface area contributed by atoms with Crippen molar-refractivity contribution in [3.8, 4) is 5.75 Å². The Morgan fingerprint density at radius 3 is 2.50 bits per heavy atom. The van der Waals surface area contributed by atoms with Gasteiger partial charge in [-0.05, 0) is 38.1 Å². The van der Waals surface area contributed by atoms with Gasteiger partial charge in [0.05, 0.1) is 5.69 Å². The number of nitrogens with zero attached hydrogens (tertiary/aromatic N) is 1. The summed E-state index contributed by atoms with van der Waals surface area (Å²) in [6.45, 7) is 4.12. The van der Waals surface area contributed by atoms with E-state index in [4.69, 9.17) is 20.8 Å². The first-order valence-electron chi connectivity index (χ1n) is 4.96. The third-order valence-corrected chi connectivity index (χ3v) is 2.50. The number of ether oxygens (including phenoxy) is 1. The molecule has 3 nitrogen and oxygen atoms in total. The predicted molar refractivity (Wildman–Crippen MR) is 61.8 cm³/mol. The van der Waals surface area contributed by atoms with E-state index in [1.165, 1.54) is 0 Å². The Hall–Kier alpha value is -1.48. The molecule has 0 spiro atoms. The van der Waals surface area contributed by atoms with Crippen LogP contribution < -0.4 is 4.74 Å². The van der Waals surface area contributed by atoms with E-state index in [0.717, 1.165) is 17.2 Å². The number of aromatic nitrogens is 1. The molecule has 0 saturated carbocycles. The molecule has 0 atom stereocenters. The smallest absolute Gasteiger partial charge is 0.232 e. The molecule has 0 aliphatic rings. The second-order valence-corrected chi connectivity index (χ2v) is 3.93. The topological polar surface area (TPSA) is 35.3 Å². The lowest BCUT2D eigenvalue weighted by molar-refractivity contribution is 0.260. The Kier molecular flexibility index (Phi) is 3.15. The number of benzene rings is 1. The first kappa shape index (κ1) is 11.0. The lowest BCUT2D eigenvalue weighted by atomic mass is 10.3. The van der Waals surface area contributed by atoms with Gasteiger partial charge >= 0.3 is 0 Å². The van der Waals surface area contributed by atoms with Gasteiger partial charge in [0.15, 0.2) is 6.61 Å². The zero-order chi connectivity index (χ0) is 11.5. The molecule has 0 saturated heterocycles. The van der Waals surface area contributed by atoms with Gasteiger partial charge in [0, 0.05) is 5.02 Å². The monoisotopic (exact) mass is 237 g/mol. The van der Waals surface area contributed by atoms with E-state index in [0.29, 0.717) is 17.5 Å². The summed E-state index contributed by atoms with van der Waals surface area (Å²) in [6.07, 6.45) is 0. The number of hydrogen-bond acceptors (Lipinski definition) is 3. The molecule has 0 N–H and O–H groups in total. The Balaban J connectivity index is 1.99. The third-order valence-electron chi connectivity index (χ3n) is 2.25. The second-order valence-electron chi connectivity index (χ2n) is 3.49. The summed E-state index contributed by atoms with van der Waals surface area (Å²) in [5, 5.41) is 0.690. The van der Waals surface area contributed by atoms with Gasteiger partial charge in [0.2, 0.25) is 5.89 Å². The number of halogens is 1. The highest BCUT2D eigenvalue weighted by Crippen LogP contribution is 2.17. The van der Waals surface area contributed by atoms with Gasteiger partial charge < -0.3 is 9.15 Å². The van der Waals surface area contributed by atoms with Crippen LogP contribution in [0, 0.1) is 13.8 Å². The minimum atomic E-state index is 0.330. The van der Waals surface area contributed by atoms with E-state index >= 15 is 0 Å². The molecule has 0 radical (unpaired) electrons. The van der Waals surface area contributed by atoms with Gasteiger partial charge in [-0.2, -0.15) is 0 Å². The largest absolute Gasteiger partial charge is 0.484 e. The van der Waals surface area contributed by atoms with Crippen molar-refractivity contribution in [3.63, 3.8) is 0 Å². The lowest BCUT2D eigenvalue weighted by Crippen LogP contribution is -1.95. The van der Waals surface area contributed by atoms with E-state index < -0.39 is 0 Å². The van der Waals surface area contributed by atoms with E-state index in [1.807, 2.05) is 26.0 Å². The van der Waals surface area contributed by atoms with Crippen LogP contribution in [0.5, 0.6) is 5.75 Å². The zero-order valence-corrected chi connectivity index (χ0v) is 9.91. The van der Waals surface area contributed by atoms with Crippen LogP contribution in [0.1, 0.15) is 17.3 Å². The molecular formula is C12H12ClNO2. The molecule has 4 heteroatoms. The molecule has 0 aliphatic carbocycles. The van der Waals surface area contributed by atoms with E-state index in [2.05, 4.69) is 4.98 Å². The van der Waals surface area contributed by atoms with E-state index in [1.54, 1.807) is 12.1 Å². The van der Waals surface area contributed by atoms with Crippen molar-refractivity contribution in [3.05, 3.63) is 46.6 Å². The molecular weight excluding hydrogens is 226 g/mol. The normalized spacial score (nSPS) is 10.4. The first-order valence-corrected chi connectivity index (χ1v) is 5.34. The maximum Gasteiger partial charge on any atom is 0.232 e. The molecule has 0 unspecified atom stereocenters. The molecule has 2 aromatic rings. The summed E-state index contributed by atoms with van der Waals surface area (Å²) in [7, 11) is 0. The van der Waals surface area contributed by atoms with Crippen LogP contribution in [-0.4, -0.2) is 4.98 Å². The summed E-state index contributed by atoms with van der Waals surface area (Å²) in [4.78, 5) is 4.23. The van der Waals surface area contributed by atoms with Gasteiger partial charge in [0.1, 0.15) is 11.5 Å². The van der Waals surface area contributed by atoms with Crippen molar-refractivity contribution in [2.24, 2.45) is 0 Å². The molecule has 0 bridgehead atoms. The summed E-state index contributed by atoms with van der Waals surface area (Å²) < 4.78 is 10.9. The Morgan fingerprint density at radius 1 is 1.25 bits per heavy atom. The van der Waals surface area contributed by atoms with Crippen LogP contribution in [0.25, 0.3) is 0 Å². The second kappa shape index (κ2) is 4.58. The molecule has 84 valence electrons. The van der Waals surface area contributed by atoms with Crippen LogP contribution in [0.3, 0.4) is 0 Å². The van der Waals surface area contributed by atoms with Gasteiger partial charge in [-0.1, -0.05) is 11.6 Å². The summed E-state index contributed by atoms with van der Waals surface area (Å²) >= 11 is 5.77. The highest BCUT2D eigenvalue weighted by Gasteiger charge is 2.05. The van der Waals surface area contributed by atoms with Crippen LogP contribution in [0.15, 0.2) is 28.7 Å². The van der Waals surface area contributed by atoms with Crippen LogP contribution in [-0.2, 0) is 6.61 Å². The maximum atomic E-state index is 5.77. The van der Waals surface area contributed by atoms with Gasteiger partial charge in [-0.15, -0.1) is 0 Å². The fraction of sp³-hybridized carbons (Fsp3) is 0.250. The van der Waals surface area contributed by atoms with Crippen molar-refractivity contribution in [2.75, 3.05) is 0 Å². The molecule has 2 rings (SSSR count). The van der Waals surface area contributed by atoms with Gasteiger partial charge in [-0.3, -0.25) is 0 Å². The Morgan fingerprint density at radius 2 is 1.94 bits per heavy atom. The third kappa shape index (κ3) is 2.55. The molecule has 16 heavy (non-hydrogen) atoms. The van der Waals surface area contributed by atoms with Gasteiger partial charge in [0.25, 0.3) is 0 Å². The van der Waals surface area contributed by atoms with E-state index in [9.17, 15) is 0 Å². The average molecular weight is 238 g/mol. The van der Waals surface area contributed by atoms with Crippen molar-refractivity contribution in [1.29, 1.82) is 0 Å². The maximum absolute atomic E-state index is 5.77. The van der Waals surface area contributed by atoms with Crippen LogP contribution in [0.4, 0.5) is 0 Å². The standard InChI is InChI=1S/C12H12ClNO2/c1-8-9(2)16-12(14-8)7-15-11-5-3-10(13)4-6-11/h3-6H,7H2,1-2H3. The summed E-state index contributed by atoms with van der Waals surface area (Å²) in [5.74, 6) is 2.16. The minimum absolute atomic E-state index is 0.330. The Labute approximate surface area is 99.0 Å². The van der Waals surface area contributed by atoms with Crippen molar-refractivity contribution in [1.82, 2.24) is 4.98 Å². The van der Waals surface area contributed by atoms with Crippen molar-refractivity contribution in [2.45, 2.75) is 20.5 Å². The minimum Gasteiger partial charge on any atom is -0.484 e. The summed E-state index contributed by atoms with van der Waals surface area (Å²) in [6, 6.07) is 7.18. The fourth-order valence-electron chi connectivity index (χ4n) is 1.28. The molecule has 0 fully saturated rings. The van der Waals surface area contributed by atoms with Crippen LogP contribution >= 0.6 is 11.6 Å². The predicted octanol–water partition coefficient (Wildman–Crippen LogP) is 3.52. The summed E-state index contributed by atoms with van der Waals surface area (Å²) in [5.41, 5.74) is 0.898. The first-order chi connectivity index (χ1) is 7.65. The highest BCUT2D eigenvalue weighted by molar-refractivity contribution is 6.30. The molecule has 1 aromatic carbocycles. The fourth-order valence-corrected chi connectivity index (χ4v) is 1.40. The van der Waals surface area contributed by atoms with Crippen molar-refractivity contribution < 1.29 is 9.15 Å². The number of oxazole rings is 1. The number of aryl methyl sites for hydroxylation is 2. The molecule has 0 amide bonds. The number of hydrogen-bond donors (Lipinski definition) is 0. The zero-order valence-electron chi connectivity index (χ0n) is 9.16. The lowest BCUT2D eigenvalue weighted by Gasteiger charge is -2.02. The van der Waals surface area contributed by atoms with Gasteiger partial charge in [-0.25, -0.2) is 4.98 Å². The highest BCUT2D eigenvalue weighted by atomic mass is 35.5. The molecule has 1 aromatic heterocycles. The average Bonchev–Trinajstić information content (AvgIpc) is 2.58. The molecule has 0 aliphatic heterocycles. The SMILES string of the molecule is Cc1nc(COc2ccc(Cl)cc2)oc1C.